The second-order valence-electron chi connectivity index (χ2n) is 3.07. The summed E-state index contributed by atoms with van der Waals surface area (Å²) in [5.74, 6) is 0. The summed E-state index contributed by atoms with van der Waals surface area (Å²) in [6.45, 7) is 5.67. The summed E-state index contributed by atoms with van der Waals surface area (Å²) in [5, 5.41) is 0. The monoisotopic (exact) mass is 147 g/mol. The first-order valence-electron chi connectivity index (χ1n) is 4.19. The molecule has 1 aliphatic rings. The molecule has 0 saturated carbocycles. The van der Waals surface area contributed by atoms with Crippen molar-refractivity contribution in [2.45, 2.75) is 20.0 Å². The molecule has 0 amide bonds. The van der Waals surface area contributed by atoms with Gasteiger partial charge < -0.3 is 0 Å². The molecule has 0 spiro atoms. The van der Waals surface area contributed by atoms with Crippen molar-refractivity contribution in [2.24, 2.45) is 0 Å². The van der Waals surface area contributed by atoms with Crippen LogP contribution in [0, 0.1) is 0 Å². The van der Waals surface area contributed by atoms with E-state index in [-0.39, 0.29) is 0 Å². The third-order valence-corrected chi connectivity index (χ3v) is 2.35. The topological polar surface area (TPSA) is 3.24 Å². The zero-order chi connectivity index (χ0) is 7.68. The van der Waals surface area contributed by atoms with E-state index in [1.54, 1.807) is 0 Å². The number of hydrogen-bond acceptors (Lipinski definition) is 1. The summed E-state index contributed by atoms with van der Waals surface area (Å²) >= 11 is 0. The van der Waals surface area contributed by atoms with E-state index in [4.69, 9.17) is 0 Å². The summed E-state index contributed by atoms with van der Waals surface area (Å²) in [6.07, 6.45) is 0. The van der Waals surface area contributed by atoms with Gasteiger partial charge in [0.05, 0.1) is 0 Å². The highest BCUT2D eigenvalue weighted by Gasteiger charge is 2.15. The second-order valence-corrected chi connectivity index (χ2v) is 3.07. The van der Waals surface area contributed by atoms with Gasteiger partial charge in [-0.15, -0.1) is 0 Å². The van der Waals surface area contributed by atoms with Crippen molar-refractivity contribution in [2.75, 3.05) is 6.54 Å². The van der Waals surface area contributed by atoms with Crippen molar-refractivity contribution < 1.29 is 0 Å². The SMILES string of the molecule is CCN1Cc2ccccc2C1. The fourth-order valence-electron chi connectivity index (χ4n) is 1.63. The molecule has 0 bridgehead atoms. The predicted molar refractivity (Wildman–Crippen MR) is 46.2 cm³/mol. The number of hydrogen-bond donors (Lipinski definition) is 0. The van der Waals surface area contributed by atoms with Gasteiger partial charge >= 0.3 is 0 Å². The van der Waals surface area contributed by atoms with Gasteiger partial charge in [-0.05, 0) is 17.7 Å². The maximum absolute atomic E-state index is 2.45. The summed E-state index contributed by atoms with van der Waals surface area (Å²) in [5.41, 5.74) is 3.02. The van der Waals surface area contributed by atoms with E-state index in [1.165, 1.54) is 11.1 Å². The molecular formula is C10H13N. The van der Waals surface area contributed by atoms with Gasteiger partial charge in [0.15, 0.2) is 0 Å². The lowest BCUT2D eigenvalue weighted by molar-refractivity contribution is 0.301. The first-order chi connectivity index (χ1) is 5.40. The minimum absolute atomic E-state index is 1.15. The van der Waals surface area contributed by atoms with Crippen LogP contribution in [-0.4, -0.2) is 11.4 Å². The van der Waals surface area contributed by atoms with Crippen LogP contribution in [0.4, 0.5) is 0 Å². The molecule has 0 aliphatic carbocycles. The molecule has 58 valence electrons. The Hall–Kier alpha value is -0.820. The van der Waals surface area contributed by atoms with Gasteiger partial charge in [0.25, 0.3) is 0 Å². The van der Waals surface area contributed by atoms with Crippen LogP contribution in [0.3, 0.4) is 0 Å². The van der Waals surface area contributed by atoms with Crippen molar-refractivity contribution in [1.29, 1.82) is 0 Å². The van der Waals surface area contributed by atoms with Gasteiger partial charge in [-0.2, -0.15) is 0 Å². The summed E-state index contributed by atoms with van der Waals surface area (Å²) < 4.78 is 0. The largest absolute Gasteiger partial charge is 0.295 e. The Kier molecular flexibility index (Phi) is 1.66. The fraction of sp³-hybridized carbons (Fsp3) is 0.400. The normalized spacial score (nSPS) is 16.8. The molecule has 0 atom stereocenters. The molecule has 0 aromatic heterocycles. The molecule has 1 heteroatoms. The third-order valence-electron chi connectivity index (χ3n) is 2.35. The van der Waals surface area contributed by atoms with Gasteiger partial charge in [0, 0.05) is 13.1 Å². The molecule has 0 fully saturated rings. The Labute approximate surface area is 67.6 Å². The molecule has 0 N–H and O–H groups in total. The number of benzene rings is 1. The standard InChI is InChI=1S/C10H13N/c1-2-11-7-9-5-3-4-6-10(9)8-11/h3-6H,2,7-8H2,1H3. The summed E-state index contributed by atoms with van der Waals surface area (Å²) in [4.78, 5) is 2.45. The van der Waals surface area contributed by atoms with E-state index >= 15 is 0 Å². The first-order valence-corrected chi connectivity index (χ1v) is 4.19. The van der Waals surface area contributed by atoms with Gasteiger partial charge in [-0.3, -0.25) is 4.90 Å². The molecule has 1 aliphatic heterocycles. The minimum atomic E-state index is 1.15. The van der Waals surface area contributed by atoms with E-state index in [0.717, 1.165) is 19.6 Å². The smallest absolute Gasteiger partial charge is 0.0240 e. The Morgan fingerprint density at radius 1 is 1.18 bits per heavy atom. The summed E-state index contributed by atoms with van der Waals surface area (Å²) in [6, 6.07) is 8.70. The molecule has 0 saturated heterocycles. The van der Waals surface area contributed by atoms with Gasteiger partial charge in [-0.25, -0.2) is 0 Å². The van der Waals surface area contributed by atoms with E-state index in [2.05, 4.69) is 36.1 Å². The van der Waals surface area contributed by atoms with Crippen LogP contribution in [0.2, 0.25) is 0 Å². The Balaban J connectivity index is 2.27. The quantitative estimate of drug-likeness (QED) is 0.587. The number of nitrogens with zero attached hydrogens (tertiary/aromatic N) is 1. The maximum Gasteiger partial charge on any atom is 0.0240 e. The van der Waals surface area contributed by atoms with Gasteiger partial charge in [-0.1, -0.05) is 31.2 Å². The molecule has 1 aromatic rings. The molecule has 1 nitrogen and oxygen atoms in total. The van der Waals surface area contributed by atoms with Gasteiger partial charge in [0.2, 0.25) is 0 Å². The zero-order valence-electron chi connectivity index (χ0n) is 6.88. The van der Waals surface area contributed by atoms with Crippen molar-refractivity contribution in [1.82, 2.24) is 4.90 Å². The van der Waals surface area contributed by atoms with Crippen LogP contribution >= 0.6 is 0 Å². The Morgan fingerprint density at radius 3 is 2.18 bits per heavy atom. The molecule has 0 unspecified atom stereocenters. The lowest BCUT2D eigenvalue weighted by Gasteiger charge is -2.09. The first kappa shape index (κ1) is 6.86. The van der Waals surface area contributed by atoms with E-state index in [0.29, 0.717) is 0 Å². The zero-order valence-corrected chi connectivity index (χ0v) is 6.88. The molecule has 1 aromatic carbocycles. The lowest BCUT2D eigenvalue weighted by atomic mass is 10.1. The third kappa shape index (κ3) is 1.16. The van der Waals surface area contributed by atoms with Crippen LogP contribution in [0.25, 0.3) is 0 Å². The summed E-state index contributed by atoms with van der Waals surface area (Å²) in [7, 11) is 0. The minimum Gasteiger partial charge on any atom is -0.295 e. The van der Waals surface area contributed by atoms with Crippen LogP contribution in [-0.2, 0) is 13.1 Å². The van der Waals surface area contributed by atoms with Crippen LogP contribution < -0.4 is 0 Å². The van der Waals surface area contributed by atoms with Crippen LogP contribution in [0.15, 0.2) is 24.3 Å². The van der Waals surface area contributed by atoms with Crippen LogP contribution in [0.1, 0.15) is 18.1 Å². The molecule has 2 rings (SSSR count). The Morgan fingerprint density at radius 2 is 1.73 bits per heavy atom. The predicted octanol–water partition coefficient (Wildman–Crippen LogP) is 2.02. The average Bonchev–Trinajstić information content (AvgIpc) is 2.46. The van der Waals surface area contributed by atoms with Crippen molar-refractivity contribution >= 4 is 0 Å². The van der Waals surface area contributed by atoms with Gasteiger partial charge in [0.1, 0.15) is 0 Å². The molecule has 0 radical (unpaired) electrons. The molecule has 1 heterocycles. The highest BCUT2D eigenvalue weighted by atomic mass is 15.1. The van der Waals surface area contributed by atoms with Crippen molar-refractivity contribution in [3.05, 3.63) is 35.4 Å². The Bertz CT molecular complexity index is 230. The lowest BCUT2D eigenvalue weighted by Crippen LogP contribution is -2.14. The second kappa shape index (κ2) is 2.67. The van der Waals surface area contributed by atoms with Crippen LogP contribution in [0.5, 0.6) is 0 Å². The van der Waals surface area contributed by atoms with E-state index in [1.807, 2.05) is 0 Å². The number of fused-ring (bicyclic) bond motifs is 1. The highest BCUT2D eigenvalue weighted by Crippen LogP contribution is 2.21. The fourth-order valence-corrected chi connectivity index (χ4v) is 1.63. The highest BCUT2D eigenvalue weighted by molar-refractivity contribution is 5.29. The number of rotatable bonds is 1. The molecule has 11 heavy (non-hydrogen) atoms. The van der Waals surface area contributed by atoms with E-state index in [9.17, 15) is 0 Å². The van der Waals surface area contributed by atoms with Crippen molar-refractivity contribution in [3.8, 4) is 0 Å². The average molecular weight is 147 g/mol. The van der Waals surface area contributed by atoms with Crippen molar-refractivity contribution in [3.63, 3.8) is 0 Å². The van der Waals surface area contributed by atoms with E-state index < -0.39 is 0 Å². The maximum atomic E-state index is 2.45. The molecular weight excluding hydrogens is 134 g/mol.